The average molecular weight is 358 g/mol. The first-order valence-electron chi connectivity index (χ1n) is 7.01. The van der Waals surface area contributed by atoms with Gasteiger partial charge in [-0.25, -0.2) is 0 Å². The van der Waals surface area contributed by atoms with Gasteiger partial charge in [-0.1, -0.05) is 6.07 Å². The second-order valence-electron chi connectivity index (χ2n) is 4.86. The Morgan fingerprint density at radius 3 is 2.56 bits per heavy atom. The highest BCUT2D eigenvalue weighted by molar-refractivity contribution is 7.85. The van der Waals surface area contributed by atoms with E-state index in [9.17, 15) is 13.2 Å². The molecule has 0 aliphatic rings. The van der Waals surface area contributed by atoms with Gasteiger partial charge in [0.15, 0.2) is 0 Å². The second kappa shape index (κ2) is 8.05. The Morgan fingerprint density at radius 2 is 2.00 bits per heavy atom. The van der Waals surface area contributed by atoms with Crippen LogP contribution in [0, 0.1) is 11.3 Å². The number of nitriles is 1. The molecule has 0 aliphatic heterocycles. The standard InChI is InChI=1S/C16H14N4O4S/c17-8-13(16(21)20-10-12-2-1-7-18-9-12)11-19-14-3-5-15(6-4-14)25(22,23)24/h1-7,9,11,19H,10H2,(H,20,21)(H,22,23,24)/b13-11-. The molecule has 25 heavy (non-hydrogen) atoms. The third kappa shape index (κ3) is 5.42. The molecular weight excluding hydrogens is 344 g/mol. The summed E-state index contributed by atoms with van der Waals surface area (Å²) < 4.78 is 30.8. The zero-order valence-corrected chi connectivity index (χ0v) is 13.7. The molecule has 0 saturated carbocycles. The number of carbonyl (C=O) groups is 1. The Bertz CT molecular complexity index is 917. The Kier molecular flexibility index (Phi) is 5.84. The minimum absolute atomic E-state index is 0.150. The molecule has 0 spiro atoms. The number of hydrogen-bond acceptors (Lipinski definition) is 6. The van der Waals surface area contributed by atoms with Gasteiger partial charge in [0.2, 0.25) is 0 Å². The maximum absolute atomic E-state index is 12.0. The molecule has 0 fully saturated rings. The summed E-state index contributed by atoms with van der Waals surface area (Å²) in [4.78, 5) is 15.7. The largest absolute Gasteiger partial charge is 0.360 e. The average Bonchev–Trinajstić information content (AvgIpc) is 2.61. The summed E-state index contributed by atoms with van der Waals surface area (Å²) in [6.45, 7) is 0.231. The third-order valence-electron chi connectivity index (χ3n) is 3.08. The molecule has 0 saturated heterocycles. The van der Waals surface area contributed by atoms with Crippen LogP contribution in [0.25, 0.3) is 0 Å². The van der Waals surface area contributed by atoms with Crippen molar-refractivity contribution in [1.29, 1.82) is 5.26 Å². The van der Waals surface area contributed by atoms with E-state index in [-0.39, 0.29) is 17.0 Å². The molecule has 0 bridgehead atoms. The van der Waals surface area contributed by atoms with Crippen molar-refractivity contribution >= 4 is 21.7 Å². The highest BCUT2D eigenvalue weighted by Gasteiger charge is 2.10. The molecule has 2 aromatic rings. The SMILES string of the molecule is N#C/C(=C/Nc1ccc(S(=O)(=O)O)cc1)C(=O)NCc1cccnc1. The third-order valence-corrected chi connectivity index (χ3v) is 3.94. The van der Waals surface area contributed by atoms with Gasteiger partial charge in [-0.15, -0.1) is 0 Å². The van der Waals surface area contributed by atoms with Crippen LogP contribution in [-0.4, -0.2) is 23.9 Å². The topological polar surface area (TPSA) is 132 Å². The maximum atomic E-state index is 12.0. The number of amides is 1. The number of aromatic nitrogens is 1. The summed E-state index contributed by atoms with van der Waals surface area (Å²) in [5.74, 6) is -0.562. The van der Waals surface area contributed by atoms with Crippen LogP contribution in [0.3, 0.4) is 0 Å². The van der Waals surface area contributed by atoms with Gasteiger partial charge in [-0.2, -0.15) is 13.7 Å². The van der Waals surface area contributed by atoms with Gasteiger partial charge in [-0.05, 0) is 35.9 Å². The predicted molar refractivity (Wildman–Crippen MR) is 89.7 cm³/mol. The number of pyridine rings is 1. The molecule has 8 nitrogen and oxygen atoms in total. The fourth-order valence-corrected chi connectivity index (χ4v) is 2.29. The summed E-state index contributed by atoms with van der Waals surface area (Å²) in [5.41, 5.74) is 1.09. The quantitative estimate of drug-likeness (QED) is 0.404. The lowest BCUT2D eigenvalue weighted by Crippen LogP contribution is -2.24. The van der Waals surface area contributed by atoms with E-state index in [2.05, 4.69) is 15.6 Å². The smallest absolute Gasteiger partial charge is 0.294 e. The number of rotatable bonds is 6. The van der Waals surface area contributed by atoms with E-state index in [0.29, 0.717) is 5.69 Å². The highest BCUT2D eigenvalue weighted by Crippen LogP contribution is 2.14. The number of nitrogens with one attached hydrogen (secondary N) is 2. The summed E-state index contributed by atoms with van der Waals surface area (Å²) in [6.07, 6.45) is 4.43. The molecule has 0 aliphatic carbocycles. The Morgan fingerprint density at radius 1 is 1.28 bits per heavy atom. The second-order valence-corrected chi connectivity index (χ2v) is 6.28. The maximum Gasteiger partial charge on any atom is 0.294 e. The van der Waals surface area contributed by atoms with Crippen LogP contribution < -0.4 is 10.6 Å². The van der Waals surface area contributed by atoms with Crippen molar-refractivity contribution in [3.8, 4) is 6.07 Å². The normalized spacial score (nSPS) is 11.4. The number of carbonyl (C=O) groups excluding carboxylic acids is 1. The van der Waals surface area contributed by atoms with Crippen LogP contribution in [0.15, 0.2) is 65.5 Å². The highest BCUT2D eigenvalue weighted by atomic mass is 32.2. The molecule has 128 valence electrons. The van der Waals surface area contributed by atoms with Crippen LogP contribution in [0.2, 0.25) is 0 Å². The fraction of sp³-hybridized carbons (Fsp3) is 0.0625. The molecular formula is C16H14N4O4S. The Labute approximate surface area is 144 Å². The van der Waals surface area contributed by atoms with Crippen LogP contribution >= 0.6 is 0 Å². The summed E-state index contributed by atoms with van der Waals surface area (Å²) in [6, 6.07) is 10.5. The first-order valence-corrected chi connectivity index (χ1v) is 8.45. The summed E-state index contributed by atoms with van der Waals surface area (Å²) in [7, 11) is -4.27. The number of benzene rings is 1. The minimum atomic E-state index is -4.27. The zero-order valence-electron chi connectivity index (χ0n) is 12.9. The minimum Gasteiger partial charge on any atom is -0.360 e. The predicted octanol–water partition coefficient (Wildman–Crippen LogP) is 1.46. The van der Waals surface area contributed by atoms with Gasteiger partial charge in [0.1, 0.15) is 11.6 Å². The van der Waals surface area contributed by atoms with Gasteiger partial charge in [0, 0.05) is 30.8 Å². The van der Waals surface area contributed by atoms with Gasteiger partial charge in [0.05, 0.1) is 4.90 Å². The molecule has 0 atom stereocenters. The molecule has 1 aromatic carbocycles. The molecule has 9 heteroatoms. The number of nitrogens with zero attached hydrogens (tertiary/aromatic N) is 2. The lowest BCUT2D eigenvalue weighted by atomic mass is 10.2. The summed E-state index contributed by atoms with van der Waals surface area (Å²) in [5, 5.41) is 14.4. The summed E-state index contributed by atoms with van der Waals surface area (Å²) >= 11 is 0. The van der Waals surface area contributed by atoms with Crippen molar-refractivity contribution in [2.75, 3.05) is 5.32 Å². The van der Waals surface area contributed by atoms with Crippen molar-refractivity contribution in [2.24, 2.45) is 0 Å². The van der Waals surface area contributed by atoms with E-state index in [1.54, 1.807) is 30.6 Å². The van der Waals surface area contributed by atoms with Crippen LogP contribution in [0.5, 0.6) is 0 Å². The molecule has 2 rings (SSSR count). The fourth-order valence-electron chi connectivity index (χ4n) is 1.81. The van der Waals surface area contributed by atoms with Crippen molar-refractivity contribution in [3.05, 3.63) is 66.1 Å². The van der Waals surface area contributed by atoms with Gasteiger partial charge in [0.25, 0.3) is 16.0 Å². The van der Waals surface area contributed by atoms with E-state index in [1.165, 1.54) is 30.5 Å². The van der Waals surface area contributed by atoms with E-state index in [4.69, 9.17) is 9.81 Å². The van der Waals surface area contributed by atoms with Crippen molar-refractivity contribution in [1.82, 2.24) is 10.3 Å². The monoisotopic (exact) mass is 358 g/mol. The first-order chi connectivity index (χ1) is 11.9. The molecule has 1 heterocycles. The zero-order chi connectivity index (χ0) is 18.3. The Hall–Kier alpha value is -3.22. The van der Waals surface area contributed by atoms with E-state index >= 15 is 0 Å². The Balaban J connectivity index is 2.00. The van der Waals surface area contributed by atoms with Gasteiger partial charge in [-0.3, -0.25) is 14.3 Å². The van der Waals surface area contributed by atoms with E-state index in [1.807, 2.05) is 0 Å². The molecule has 1 aromatic heterocycles. The van der Waals surface area contributed by atoms with E-state index in [0.717, 1.165) is 5.56 Å². The van der Waals surface area contributed by atoms with Gasteiger partial charge < -0.3 is 10.6 Å². The molecule has 0 radical (unpaired) electrons. The molecule has 0 unspecified atom stereocenters. The van der Waals surface area contributed by atoms with Crippen molar-refractivity contribution in [3.63, 3.8) is 0 Å². The lowest BCUT2D eigenvalue weighted by molar-refractivity contribution is -0.117. The van der Waals surface area contributed by atoms with Crippen molar-refractivity contribution in [2.45, 2.75) is 11.4 Å². The van der Waals surface area contributed by atoms with Crippen LogP contribution in [0.4, 0.5) is 5.69 Å². The molecule has 3 N–H and O–H groups in total. The molecule has 1 amide bonds. The first kappa shape index (κ1) is 18.1. The number of hydrogen-bond donors (Lipinski definition) is 3. The van der Waals surface area contributed by atoms with Crippen LogP contribution in [-0.2, 0) is 21.5 Å². The van der Waals surface area contributed by atoms with Crippen molar-refractivity contribution < 1.29 is 17.8 Å². The van der Waals surface area contributed by atoms with Crippen LogP contribution in [0.1, 0.15) is 5.56 Å². The van der Waals surface area contributed by atoms with E-state index < -0.39 is 16.0 Å². The van der Waals surface area contributed by atoms with Gasteiger partial charge >= 0.3 is 0 Å². The lowest BCUT2D eigenvalue weighted by Gasteiger charge is -2.05. The number of anilines is 1.